The van der Waals surface area contributed by atoms with E-state index in [0.29, 0.717) is 32.3 Å². The van der Waals surface area contributed by atoms with Crippen molar-refractivity contribution in [3.8, 4) is 11.4 Å². The van der Waals surface area contributed by atoms with Gasteiger partial charge < -0.3 is 10.1 Å². The first kappa shape index (κ1) is 25.0. The van der Waals surface area contributed by atoms with Crippen LogP contribution in [0.25, 0.3) is 15.9 Å². The Morgan fingerprint density at radius 1 is 1.27 bits per heavy atom. The van der Waals surface area contributed by atoms with E-state index in [9.17, 15) is 19.7 Å². The van der Waals surface area contributed by atoms with Gasteiger partial charge in [-0.15, -0.1) is 11.3 Å². The normalized spacial score (nSPS) is 12.5. The third kappa shape index (κ3) is 4.72. The zero-order valence-corrected chi connectivity index (χ0v) is 22.1. The fraction of sp³-hybridized carbons (Fsp3) is 0.269. The van der Waals surface area contributed by atoms with Gasteiger partial charge >= 0.3 is 5.69 Å². The van der Waals surface area contributed by atoms with Gasteiger partial charge in [-0.25, -0.2) is 4.98 Å². The van der Waals surface area contributed by atoms with Crippen LogP contribution in [-0.4, -0.2) is 33.2 Å². The lowest BCUT2D eigenvalue weighted by molar-refractivity contribution is -0.385. The van der Waals surface area contributed by atoms with E-state index in [1.54, 1.807) is 22.8 Å². The van der Waals surface area contributed by atoms with E-state index in [1.807, 2.05) is 31.2 Å². The summed E-state index contributed by atoms with van der Waals surface area (Å²) in [6.45, 7) is 3.64. The van der Waals surface area contributed by atoms with E-state index < -0.39 is 4.92 Å². The number of amides is 1. The fourth-order valence-electron chi connectivity index (χ4n) is 4.55. The maximum atomic E-state index is 13.8. The summed E-state index contributed by atoms with van der Waals surface area (Å²) in [6.07, 6.45) is 2.89. The Bertz CT molecular complexity index is 1630. The molecule has 4 aromatic rings. The van der Waals surface area contributed by atoms with Gasteiger partial charge in [0.15, 0.2) is 10.9 Å². The number of rotatable bonds is 7. The maximum Gasteiger partial charge on any atom is 0.311 e. The SMILES string of the molecule is COc1cc(NC(=O)CSc2nc3sc4c(c3c(=O)n2-c2cccc(C)c2)CCC4)c(C)cc1[N+](=O)[O-]. The van der Waals surface area contributed by atoms with Crippen LogP contribution in [0.5, 0.6) is 5.75 Å². The number of methoxy groups -OCH3 is 1. The molecule has 1 aliphatic rings. The Kier molecular flexibility index (Phi) is 6.74. The number of nitrogens with one attached hydrogen (secondary N) is 1. The van der Waals surface area contributed by atoms with E-state index in [2.05, 4.69) is 5.32 Å². The minimum atomic E-state index is -0.528. The van der Waals surface area contributed by atoms with Gasteiger partial charge in [0.25, 0.3) is 5.56 Å². The van der Waals surface area contributed by atoms with Crippen LogP contribution in [0.2, 0.25) is 0 Å². The van der Waals surface area contributed by atoms with Crippen molar-refractivity contribution in [2.24, 2.45) is 0 Å². The molecular weight excluding hydrogens is 512 g/mol. The molecule has 1 aliphatic carbocycles. The second-order valence-corrected chi connectivity index (χ2v) is 10.9. The Morgan fingerprint density at radius 2 is 2.08 bits per heavy atom. The number of nitrogens with zero attached hydrogens (tertiary/aromatic N) is 3. The lowest BCUT2D eigenvalue weighted by Gasteiger charge is -2.14. The number of fused-ring (bicyclic) bond motifs is 3. The molecule has 0 saturated heterocycles. The van der Waals surface area contributed by atoms with Gasteiger partial charge in [0, 0.05) is 22.7 Å². The van der Waals surface area contributed by atoms with E-state index in [1.165, 1.54) is 35.9 Å². The van der Waals surface area contributed by atoms with Gasteiger partial charge in [-0.1, -0.05) is 23.9 Å². The number of aromatic nitrogens is 2. The zero-order valence-electron chi connectivity index (χ0n) is 20.5. The highest BCUT2D eigenvalue weighted by atomic mass is 32.2. The Hall–Kier alpha value is -3.70. The number of carbonyl (C=O) groups is 1. The molecule has 0 spiro atoms. The monoisotopic (exact) mass is 536 g/mol. The topological polar surface area (TPSA) is 116 Å². The first-order valence-corrected chi connectivity index (χ1v) is 13.5. The number of ether oxygens (including phenoxy) is 1. The van der Waals surface area contributed by atoms with Gasteiger partial charge in [0.05, 0.1) is 28.9 Å². The van der Waals surface area contributed by atoms with Crippen LogP contribution in [0.4, 0.5) is 11.4 Å². The zero-order chi connectivity index (χ0) is 26.3. The summed E-state index contributed by atoms with van der Waals surface area (Å²) in [5, 5.41) is 15.2. The molecule has 2 aromatic heterocycles. The number of thiophene rings is 1. The molecule has 0 aliphatic heterocycles. The van der Waals surface area contributed by atoms with Crippen molar-refractivity contribution in [1.82, 2.24) is 9.55 Å². The number of carbonyl (C=O) groups excluding carboxylic acids is 1. The average Bonchev–Trinajstić information content (AvgIpc) is 3.44. The molecule has 11 heteroatoms. The predicted octanol–water partition coefficient (Wildman–Crippen LogP) is 5.20. The van der Waals surface area contributed by atoms with E-state index >= 15 is 0 Å². The quantitative estimate of drug-likeness (QED) is 0.149. The number of benzene rings is 2. The summed E-state index contributed by atoms with van der Waals surface area (Å²) in [5.41, 5.74) is 3.49. The molecule has 0 bridgehead atoms. The highest BCUT2D eigenvalue weighted by molar-refractivity contribution is 7.99. The first-order chi connectivity index (χ1) is 17.8. The summed E-state index contributed by atoms with van der Waals surface area (Å²) in [5.74, 6) is -0.277. The minimum absolute atomic E-state index is 0.00635. The van der Waals surface area contributed by atoms with Crippen LogP contribution in [-0.2, 0) is 17.6 Å². The van der Waals surface area contributed by atoms with Crippen molar-refractivity contribution >= 4 is 50.6 Å². The number of thioether (sulfide) groups is 1. The molecule has 5 rings (SSSR count). The van der Waals surface area contributed by atoms with Crippen LogP contribution >= 0.6 is 23.1 Å². The molecule has 0 saturated carbocycles. The van der Waals surface area contributed by atoms with Crippen molar-refractivity contribution in [1.29, 1.82) is 0 Å². The Balaban J connectivity index is 1.47. The van der Waals surface area contributed by atoms with Gasteiger partial charge in [-0.2, -0.15) is 0 Å². The molecular formula is C26H24N4O5S2. The molecule has 0 unspecified atom stereocenters. The predicted molar refractivity (Wildman–Crippen MR) is 146 cm³/mol. The third-order valence-corrected chi connectivity index (χ3v) is 8.42. The Morgan fingerprint density at radius 3 is 2.81 bits per heavy atom. The number of anilines is 1. The maximum absolute atomic E-state index is 13.8. The lowest BCUT2D eigenvalue weighted by atomic mass is 10.1. The highest BCUT2D eigenvalue weighted by Gasteiger charge is 2.24. The molecule has 190 valence electrons. The summed E-state index contributed by atoms with van der Waals surface area (Å²) >= 11 is 2.74. The van der Waals surface area contributed by atoms with Crippen molar-refractivity contribution < 1.29 is 14.5 Å². The van der Waals surface area contributed by atoms with Crippen LogP contribution < -0.4 is 15.6 Å². The molecule has 0 atom stereocenters. The van der Waals surface area contributed by atoms with Crippen LogP contribution in [0.1, 0.15) is 28.0 Å². The lowest BCUT2D eigenvalue weighted by Crippen LogP contribution is -2.23. The molecule has 0 radical (unpaired) electrons. The van der Waals surface area contributed by atoms with Crippen molar-refractivity contribution in [3.63, 3.8) is 0 Å². The van der Waals surface area contributed by atoms with E-state index in [0.717, 1.165) is 30.4 Å². The fourth-order valence-corrected chi connectivity index (χ4v) is 6.66. The average molecular weight is 537 g/mol. The Labute approximate surface area is 220 Å². The smallest absolute Gasteiger partial charge is 0.311 e. The summed E-state index contributed by atoms with van der Waals surface area (Å²) in [7, 11) is 1.34. The van der Waals surface area contributed by atoms with Gasteiger partial charge in [-0.05, 0) is 61.9 Å². The summed E-state index contributed by atoms with van der Waals surface area (Å²) < 4.78 is 6.72. The molecule has 37 heavy (non-hydrogen) atoms. The largest absolute Gasteiger partial charge is 0.490 e. The van der Waals surface area contributed by atoms with Crippen molar-refractivity contribution in [2.45, 2.75) is 38.3 Å². The first-order valence-electron chi connectivity index (χ1n) is 11.7. The number of hydrogen-bond donors (Lipinski definition) is 1. The van der Waals surface area contributed by atoms with Crippen LogP contribution in [0.3, 0.4) is 0 Å². The van der Waals surface area contributed by atoms with Crippen LogP contribution in [0, 0.1) is 24.0 Å². The van der Waals surface area contributed by atoms with Crippen LogP contribution in [0.15, 0.2) is 46.3 Å². The molecule has 9 nitrogen and oxygen atoms in total. The van der Waals surface area contributed by atoms with Crippen molar-refractivity contribution in [2.75, 3.05) is 18.2 Å². The van der Waals surface area contributed by atoms with E-state index in [4.69, 9.17) is 9.72 Å². The minimum Gasteiger partial charge on any atom is -0.490 e. The van der Waals surface area contributed by atoms with Crippen molar-refractivity contribution in [3.05, 3.63) is 78.4 Å². The second-order valence-electron chi connectivity index (χ2n) is 8.84. The molecule has 0 fully saturated rings. The summed E-state index contributed by atoms with van der Waals surface area (Å²) in [4.78, 5) is 44.2. The highest BCUT2D eigenvalue weighted by Crippen LogP contribution is 2.36. The van der Waals surface area contributed by atoms with Gasteiger partial charge in [0.2, 0.25) is 5.91 Å². The number of nitro benzene ring substituents is 1. The summed E-state index contributed by atoms with van der Waals surface area (Å²) in [6, 6.07) is 10.5. The molecule has 1 amide bonds. The van der Waals surface area contributed by atoms with Gasteiger partial charge in [-0.3, -0.25) is 24.3 Å². The van der Waals surface area contributed by atoms with Gasteiger partial charge in [0.1, 0.15) is 4.83 Å². The standard InChI is InChI=1S/C26H24N4O5S2/c1-14-6-4-7-16(10-14)29-25(32)23-17-8-5-9-21(17)37-24(23)28-26(29)36-13-22(31)27-18-12-20(35-3)19(30(33)34)11-15(18)2/h4,6-7,10-12H,5,8-9,13H2,1-3H3,(H,27,31). The molecule has 2 heterocycles. The third-order valence-electron chi connectivity index (χ3n) is 6.30. The second kappa shape index (κ2) is 9.98. The molecule has 2 aromatic carbocycles. The molecule has 1 N–H and O–H groups in total. The number of aryl methyl sites for hydroxylation is 4. The number of hydrogen-bond acceptors (Lipinski definition) is 8. The van der Waals surface area contributed by atoms with E-state index in [-0.39, 0.29) is 28.7 Å². The number of nitro groups is 1.